The van der Waals surface area contributed by atoms with Crippen molar-refractivity contribution in [3.05, 3.63) is 34.3 Å². The standard InChI is InChI=1S/C12H15BrN2OS/c1-8(2)15(7-11(14)17)12(16)9-3-5-10(13)6-4-9/h3-6,8H,7H2,1-2H3,(H2,14,17). The van der Waals surface area contributed by atoms with Gasteiger partial charge in [-0.3, -0.25) is 4.79 Å². The highest BCUT2D eigenvalue weighted by Gasteiger charge is 2.19. The quantitative estimate of drug-likeness (QED) is 0.869. The van der Waals surface area contributed by atoms with E-state index in [4.69, 9.17) is 18.0 Å². The van der Waals surface area contributed by atoms with Gasteiger partial charge < -0.3 is 10.6 Å². The van der Waals surface area contributed by atoms with Gasteiger partial charge >= 0.3 is 0 Å². The lowest BCUT2D eigenvalue weighted by molar-refractivity contribution is 0.0736. The summed E-state index contributed by atoms with van der Waals surface area (Å²) in [4.78, 5) is 14.2. The summed E-state index contributed by atoms with van der Waals surface area (Å²) in [5.41, 5.74) is 6.14. The summed E-state index contributed by atoms with van der Waals surface area (Å²) in [5, 5.41) is 0. The Morgan fingerprint density at radius 1 is 1.41 bits per heavy atom. The fourth-order valence-electron chi connectivity index (χ4n) is 1.42. The van der Waals surface area contributed by atoms with Gasteiger partial charge in [0, 0.05) is 16.1 Å². The van der Waals surface area contributed by atoms with E-state index in [-0.39, 0.29) is 11.9 Å². The molecule has 1 aromatic rings. The number of hydrogen-bond acceptors (Lipinski definition) is 2. The second kappa shape index (κ2) is 6.12. The van der Waals surface area contributed by atoms with Crippen LogP contribution in [-0.4, -0.2) is 28.4 Å². The molecule has 0 aromatic heterocycles. The van der Waals surface area contributed by atoms with Gasteiger partial charge in [0.15, 0.2) is 0 Å². The molecule has 0 unspecified atom stereocenters. The predicted octanol–water partition coefficient (Wildman–Crippen LogP) is 2.59. The number of nitrogens with zero attached hydrogens (tertiary/aromatic N) is 1. The van der Waals surface area contributed by atoms with Crippen molar-refractivity contribution in [2.45, 2.75) is 19.9 Å². The molecule has 0 saturated heterocycles. The molecule has 3 nitrogen and oxygen atoms in total. The molecule has 5 heteroatoms. The van der Waals surface area contributed by atoms with Gasteiger partial charge in [0.05, 0.1) is 11.5 Å². The lowest BCUT2D eigenvalue weighted by atomic mass is 10.1. The van der Waals surface area contributed by atoms with E-state index < -0.39 is 0 Å². The van der Waals surface area contributed by atoms with Crippen molar-refractivity contribution in [3.63, 3.8) is 0 Å². The summed E-state index contributed by atoms with van der Waals surface area (Å²) in [5.74, 6) is -0.0553. The second-order valence-corrected chi connectivity index (χ2v) is 5.44. The van der Waals surface area contributed by atoms with E-state index in [1.807, 2.05) is 26.0 Å². The third-order valence-electron chi connectivity index (χ3n) is 2.30. The summed E-state index contributed by atoms with van der Waals surface area (Å²) in [6, 6.07) is 7.30. The highest BCUT2D eigenvalue weighted by molar-refractivity contribution is 9.10. The van der Waals surface area contributed by atoms with Crippen LogP contribution in [0.2, 0.25) is 0 Å². The Kier molecular flexibility index (Phi) is 5.08. The molecular weight excluding hydrogens is 300 g/mol. The molecule has 2 N–H and O–H groups in total. The van der Waals surface area contributed by atoms with Crippen LogP contribution in [0.15, 0.2) is 28.7 Å². The summed E-state index contributed by atoms with van der Waals surface area (Å²) in [6.07, 6.45) is 0. The maximum atomic E-state index is 12.2. The molecule has 0 aliphatic heterocycles. The molecule has 1 aromatic carbocycles. The smallest absolute Gasteiger partial charge is 0.254 e. The van der Waals surface area contributed by atoms with Crippen LogP contribution in [-0.2, 0) is 0 Å². The van der Waals surface area contributed by atoms with E-state index in [1.165, 1.54) is 0 Å². The highest BCUT2D eigenvalue weighted by Crippen LogP contribution is 2.13. The molecule has 0 atom stereocenters. The van der Waals surface area contributed by atoms with Crippen molar-refractivity contribution in [1.82, 2.24) is 4.90 Å². The maximum Gasteiger partial charge on any atom is 0.254 e. The number of thiocarbonyl (C=S) groups is 1. The van der Waals surface area contributed by atoms with Gasteiger partial charge in [-0.05, 0) is 38.1 Å². The lowest BCUT2D eigenvalue weighted by Crippen LogP contribution is -2.42. The maximum absolute atomic E-state index is 12.2. The summed E-state index contributed by atoms with van der Waals surface area (Å²) < 4.78 is 0.944. The van der Waals surface area contributed by atoms with Crippen LogP contribution in [0.1, 0.15) is 24.2 Å². The normalized spacial score (nSPS) is 10.4. The predicted molar refractivity (Wildman–Crippen MR) is 77.1 cm³/mol. The van der Waals surface area contributed by atoms with Gasteiger partial charge in [-0.15, -0.1) is 0 Å². The molecule has 0 saturated carbocycles. The third-order valence-corrected chi connectivity index (χ3v) is 2.96. The van der Waals surface area contributed by atoms with E-state index in [1.54, 1.807) is 17.0 Å². The molecule has 17 heavy (non-hydrogen) atoms. The van der Waals surface area contributed by atoms with E-state index in [2.05, 4.69) is 15.9 Å². The fraction of sp³-hybridized carbons (Fsp3) is 0.333. The first kappa shape index (κ1) is 14.1. The molecule has 0 heterocycles. The highest BCUT2D eigenvalue weighted by atomic mass is 79.9. The number of benzene rings is 1. The van der Waals surface area contributed by atoms with Crippen molar-refractivity contribution >= 4 is 39.0 Å². The number of amides is 1. The topological polar surface area (TPSA) is 46.3 Å². The van der Waals surface area contributed by atoms with Crippen LogP contribution in [0.25, 0.3) is 0 Å². The first-order valence-electron chi connectivity index (χ1n) is 5.26. The van der Waals surface area contributed by atoms with E-state index >= 15 is 0 Å². The van der Waals surface area contributed by atoms with Crippen LogP contribution >= 0.6 is 28.1 Å². The van der Waals surface area contributed by atoms with Crippen molar-refractivity contribution in [1.29, 1.82) is 0 Å². The van der Waals surface area contributed by atoms with E-state index in [9.17, 15) is 4.79 Å². The Hall–Kier alpha value is -0.940. The van der Waals surface area contributed by atoms with Crippen LogP contribution < -0.4 is 5.73 Å². The van der Waals surface area contributed by atoms with Gasteiger partial charge in [-0.1, -0.05) is 28.1 Å². The molecular formula is C12H15BrN2OS. The minimum Gasteiger partial charge on any atom is -0.392 e. The largest absolute Gasteiger partial charge is 0.392 e. The van der Waals surface area contributed by atoms with Crippen molar-refractivity contribution in [2.75, 3.05) is 6.54 Å². The molecule has 0 aliphatic rings. The van der Waals surface area contributed by atoms with Crippen LogP contribution in [0, 0.1) is 0 Å². The lowest BCUT2D eigenvalue weighted by Gasteiger charge is -2.26. The summed E-state index contributed by atoms with van der Waals surface area (Å²) >= 11 is 8.19. The number of carbonyl (C=O) groups excluding carboxylic acids is 1. The van der Waals surface area contributed by atoms with Crippen LogP contribution in [0.5, 0.6) is 0 Å². The van der Waals surface area contributed by atoms with Crippen LogP contribution in [0.4, 0.5) is 0 Å². The number of carbonyl (C=O) groups is 1. The Morgan fingerprint density at radius 2 is 1.94 bits per heavy atom. The van der Waals surface area contributed by atoms with Gasteiger partial charge in [-0.2, -0.15) is 0 Å². The minimum absolute atomic E-state index is 0.0553. The Labute approximate surface area is 115 Å². The van der Waals surface area contributed by atoms with Gasteiger partial charge in [0.1, 0.15) is 0 Å². The molecule has 0 aliphatic carbocycles. The molecule has 1 amide bonds. The monoisotopic (exact) mass is 314 g/mol. The average Bonchev–Trinajstić information content (AvgIpc) is 2.25. The zero-order chi connectivity index (χ0) is 13.0. The zero-order valence-corrected chi connectivity index (χ0v) is 12.2. The van der Waals surface area contributed by atoms with Crippen molar-refractivity contribution in [2.24, 2.45) is 5.73 Å². The molecule has 0 bridgehead atoms. The first-order valence-corrected chi connectivity index (χ1v) is 6.46. The number of halogens is 1. The van der Waals surface area contributed by atoms with Crippen molar-refractivity contribution in [3.8, 4) is 0 Å². The van der Waals surface area contributed by atoms with E-state index in [0.717, 1.165) is 4.47 Å². The number of hydrogen-bond donors (Lipinski definition) is 1. The van der Waals surface area contributed by atoms with Gasteiger partial charge in [0.2, 0.25) is 0 Å². The Bertz CT molecular complexity index is 417. The SMILES string of the molecule is CC(C)N(CC(N)=S)C(=O)c1ccc(Br)cc1. The Morgan fingerprint density at radius 3 is 2.35 bits per heavy atom. The van der Waals surface area contributed by atoms with Crippen LogP contribution in [0.3, 0.4) is 0 Å². The van der Waals surface area contributed by atoms with Gasteiger partial charge in [-0.25, -0.2) is 0 Å². The van der Waals surface area contributed by atoms with E-state index in [0.29, 0.717) is 17.1 Å². The van der Waals surface area contributed by atoms with Crippen molar-refractivity contribution < 1.29 is 4.79 Å². The minimum atomic E-state index is -0.0553. The fourth-order valence-corrected chi connectivity index (χ4v) is 1.82. The van der Waals surface area contributed by atoms with Gasteiger partial charge in [0.25, 0.3) is 5.91 Å². The molecule has 0 fully saturated rings. The summed E-state index contributed by atoms with van der Waals surface area (Å²) in [6.45, 7) is 4.19. The molecule has 0 radical (unpaired) electrons. The zero-order valence-electron chi connectivity index (χ0n) is 9.81. The summed E-state index contributed by atoms with van der Waals surface area (Å²) in [7, 11) is 0. The average molecular weight is 315 g/mol. The molecule has 1 rings (SSSR count). The Balaban J connectivity index is 2.91. The molecule has 0 spiro atoms. The number of rotatable bonds is 4. The first-order chi connectivity index (χ1) is 7.91. The third kappa shape index (κ3) is 4.09. The molecule has 92 valence electrons. The number of nitrogens with two attached hydrogens (primary N) is 1. The second-order valence-electron chi connectivity index (χ2n) is 4.00.